The van der Waals surface area contributed by atoms with Crippen molar-refractivity contribution in [2.24, 2.45) is 0 Å². The van der Waals surface area contributed by atoms with Crippen molar-refractivity contribution in [2.75, 3.05) is 0 Å². The summed E-state index contributed by atoms with van der Waals surface area (Å²) in [6.45, 7) is 0. The third-order valence-corrected chi connectivity index (χ3v) is 1.69. The zero-order valence-electron chi connectivity index (χ0n) is 7.09. The molecule has 0 aliphatic carbocycles. The van der Waals surface area contributed by atoms with E-state index in [0.717, 1.165) is 0 Å². The highest BCUT2D eigenvalue weighted by atomic mass is 31.1. The molecular formula is C10H11O2P. The van der Waals surface area contributed by atoms with Gasteiger partial charge in [-0.1, -0.05) is 42.5 Å². The van der Waals surface area contributed by atoms with Crippen LogP contribution in [-0.4, -0.2) is 0 Å². The van der Waals surface area contributed by atoms with Crippen molar-refractivity contribution in [2.45, 2.75) is 0 Å². The third-order valence-electron chi connectivity index (χ3n) is 1.17. The van der Waals surface area contributed by atoms with Gasteiger partial charge in [0, 0.05) is 0 Å². The van der Waals surface area contributed by atoms with Crippen molar-refractivity contribution in [1.82, 2.24) is 0 Å². The first kappa shape index (κ1) is 9.69. The Hall–Kier alpha value is -1.40. The first-order valence-electron chi connectivity index (χ1n) is 3.90. The summed E-state index contributed by atoms with van der Waals surface area (Å²) in [5, 5.41) is 0. The minimum atomic E-state index is 0.329. The molecule has 0 amide bonds. The first-order valence-corrected chi connectivity index (χ1v) is 4.88. The lowest BCUT2D eigenvalue weighted by Crippen LogP contribution is -1.47. The molecule has 0 aliphatic heterocycles. The second-order valence-corrected chi connectivity index (χ2v) is 2.88. The molecule has 0 spiro atoms. The standard InChI is InChI=1S/C6H6.C4H5O2P/c1-2-4-6-5-3-1;1-2-4-7-6-5-3-1/h1-6H;1-4,7H. The van der Waals surface area contributed by atoms with Gasteiger partial charge < -0.3 is 0 Å². The molecule has 13 heavy (non-hydrogen) atoms. The minimum absolute atomic E-state index is 0.329. The fraction of sp³-hybridized carbons (Fsp3) is 0. The van der Waals surface area contributed by atoms with Gasteiger partial charge in [-0.25, -0.2) is 0 Å². The van der Waals surface area contributed by atoms with Crippen LogP contribution < -0.4 is 0 Å². The van der Waals surface area contributed by atoms with Gasteiger partial charge in [-0.15, -0.1) is 0 Å². The van der Waals surface area contributed by atoms with Gasteiger partial charge in [-0.2, -0.15) is 0 Å². The van der Waals surface area contributed by atoms with Gasteiger partial charge in [0.05, 0.1) is 8.43 Å². The predicted molar refractivity (Wildman–Crippen MR) is 54.5 cm³/mol. The van der Waals surface area contributed by atoms with Crippen molar-refractivity contribution in [3.63, 3.8) is 0 Å². The molecule has 0 saturated carbocycles. The van der Waals surface area contributed by atoms with Crippen LogP contribution in [0.1, 0.15) is 0 Å². The minimum Gasteiger partial charge on any atom is -0.296 e. The van der Waals surface area contributed by atoms with E-state index in [1.807, 2.05) is 48.3 Å². The molecule has 2 aromatic rings. The lowest BCUT2D eigenvalue weighted by atomic mass is 10.4. The lowest BCUT2D eigenvalue weighted by molar-refractivity contribution is 0.102. The molecule has 0 fully saturated rings. The van der Waals surface area contributed by atoms with Crippen molar-refractivity contribution in [3.05, 3.63) is 60.6 Å². The fourth-order valence-electron chi connectivity index (χ4n) is 0.641. The Morgan fingerprint density at radius 3 is 1.92 bits per heavy atom. The Morgan fingerprint density at radius 1 is 0.692 bits per heavy atom. The zero-order valence-corrected chi connectivity index (χ0v) is 8.09. The average molecular weight is 194 g/mol. The quantitative estimate of drug-likeness (QED) is 0.597. The van der Waals surface area contributed by atoms with E-state index in [2.05, 4.69) is 8.93 Å². The normalized spacial score (nSPS) is 8.62. The maximum atomic E-state index is 4.55. The molecule has 1 heterocycles. The number of hydrogen-bond acceptors (Lipinski definition) is 2. The van der Waals surface area contributed by atoms with Crippen molar-refractivity contribution in [1.29, 1.82) is 0 Å². The van der Waals surface area contributed by atoms with Crippen LogP contribution in [-0.2, 0) is 0 Å². The Labute approximate surface area is 78.6 Å². The monoisotopic (exact) mass is 194 g/mol. The van der Waals surface area contributed by atoms with Gasteiger partial charge in [0.15, 0.2) is 0 Å². The summed E-state index contributed by atoms with van der Waals surface area (Å²) < 4.78 is 9.01. The van der Waals surface area contributed by atoms with Gasteiger partial charge in [-0.3, -0.25) is 8.93 Å². The molecule has 1 unspecified atom stereocenters. The molecule has 68 valence electrons. The van der Waals surface area contributed by atoms with Crippen LogP contribution in [0, 0.1) is 0 Å². The van der Waals surface area contributed by atoms with E-state index in [9.17, 15) is 0 Å². The highest BCUT2D eigenvalue weighted by molar-refractivity contribution is 7.21. The van der Waals surface area contributed by atoms with Crippen molar-refractivity contribution >= 4 is 8.43 Å². The third kappa shape index (κ3) is 5.83. The Bertz CT molecular complexity index is 241. The Morgan fingerprint density at radius 2 is 1.31 bits per heavy atom. The Balaban J connectivity index is 0.000000132. The van der Waals surface area contributed by atoms with Gasteiger partial charge in [0.2, 0.25) is 0 Å². The van der Waals surface area contributed by atoms with Crippen molar-refractivity contribution in [3.8, 4) is 0 Å². The van der Waals surface area contributed by atoms with Crippen LogP contribution >= 0.6 is 8.43 Å². The summed E-state index contributed by atoms with van der Waals surface area (Å²) in [5.41, 5.74) is 0. The fourth-order valence-corrected chi connectivity index (χ4v) is 0.997. The maximum Gasteiger partial charge on any atom is 0.143 e. The Kier molecular flexibility index (Phi) is 5.41. The molecule has 1 aromatic heterocycles. The molecule has 0 bridgehead atoms. The topological polar surface area (TPSA) is 26.3 Å². The van der Waals surface area contributed by atoms with Crippen LogP contribution in [0.3, 0.4) is 0 Å². The number of hydrogen-bond donors (Lipinski definition) is 0. The second-order valence-electron chi connectivity index (χ2n) is 2.14. The molecule has 3 heteroatoms. The van der Waals surface area contributed by atoms with E-state index in [-0.39, 0.29) is 0 Å². The molecule has 1 aromatic carbocycles. The van der Waals surface area contributed by atoms with E-state index in [1.54, 1.807) is 6.07 Å². The molecule has 2 nitrogen and oxygen atoms in total. The van der Waals surface area contributed by atoms with Gasteiger partial charge in [0.1, 0.15) is 6.26 Å². The summed E-state index contributed by atoms with van der Waals surface area (Å²) in [6.07, 6.45) is 1.50. The smallest absolute Gasteiger partial charge is 0.143 e. The van der Waals surface area contributed by atoms with Crippen LogP contribution in [0.5, 0.6) is 0 Å². The van der Waals surface area contributed by atoms with Crippen LogP contribution in [0.2, 0.25) is 0 Å². The molecule has 0 aliphatic rings. The maximum absolute atomic E-state index is 4.55. The summed E-state index contributed by atoms with van der Waals surface area (Å²) in [7, 11) is 0.329. The predicted octanol–water partition coefficient (Wildman–Crippen LogP) is 3.71. The molecule has 1 atom stereocenters. The van der Waals surface area contributed by atoms with Gasteiger partial charge in [0.25, 0.3) is 0 Å². The van der Waals surface area contributed by atoms with E-state index in [0.29, 0.717) is 8.43 Å². The number of rotatable bonds is 0. The molecule has 0 radical (unpaired) electrons. The number of benzene rings is 1. The second kappa shape index (κ2) is 7.26. The molecule has 0 saturated heterocycles. The summed E-state index contributed by atoms with van der Waals surface area (Å²) >= 11 is 0. The summed E-state index contributed by atoms with van der Waals surface area (Å²) in [5.74, 6) is 1.89. The summed E-state index contributed by atoms with van der Waals surface area (Å²) in [6, 6.07) is 15.7. The van der Waals surface area contributed by atoms with Crippen molar-refractivity contribution < 1.29 is 8.93 Å². The van der Waals surface area contributed by atoms with Gasteiger partial charge >= 0.3 is 0 Å². The van der Waals surface area contributed by atoms with E-state index < -0.39 is 0 Å². The molecule has 0 N–H and O–H groups in total. The van der Waals surface area contributed by atoms with E-state index in [1.165, 1.54) is 6.26 Å². The molecular weight excluding hydrogens is 183 g/mol. The van der Waals surface area contributed by atoms with Crippen LogP contribution in [0.4, 0.5) is 0 Å². The van der Waals surface area contributed by atoms with Gasteiger partial charge in [-0.05, 0) is 11.9 Å². The molecule has 2 rings (SSSR count). The van der Waals surface area contributed by atoms with Crippen LogP contribution in [0.15, 0.2) is 69.5 Å². The first-order chi connectivity index (χ1) is 6.50. The van der Waals surface area contributed by atoms with E-state index in [4.69, 9.17) is 0 Å². The average Bonchev–Trinajstić information content (AvgIpc) is 2.53. The van der Waals surface area contributed by atoms with Crippen LogP contribution in [0.25, 0.3) is 0 Å². The zero-order chi connectivity index (χ0) is 9.19. The highest BCUT2D eigenvalue weighted by Gasteiger charge is 1.59. The lowest BCUT2D eigenvalue weighted by Gasteiger charge is -1.69. The largest absolute Gasteiger partial charge is 0.296 e. The van der Waals surface area contributed by atoms with E-state index >= 15 is 0 Å². The highest BCUT2D eigenvalue weighted by Crippen LogP contribution is 1.96. The SMILES string of the molecule is c1cc[pH]ooc1.c1ccccc1. The summed E-state index contributed by atoms with van der Waals surface area (Å²) in [4.78, 5) is 0.